The van der Waals surface area contributed by atoms with Crippen LogP contribution in [0.3, 0.4) is 0 Å². The van der Waals surface area contributed by atoms with E-state index in [4.69, 9.17) is 4.74 Å². The summed E-state index contributed by atoms with van der Waals surface area (Å²) in [6.07, 6.45) is 5.38. The average Bonchev–Trinajstić information content (AvgIpc) is 2.41. The molecule has 2 rings (SSSR count). The molecule has 2 unspecified atom stereocenters. The Morgan fingerprint density at radius 1 is 1.33 bits per heavy atom. The normalized spacial score (nSPS) is 28.2. The Bertz CT molecular complexity index is 213. The molecule has 0 aromatic rings. The van der Waals surface area contributed by atoms with E-state index in [-0.39, 0.29) is 0 Å². The molecule has 0 aliphatic carbocycles. The Morgan fingerprint density at radius 3 is 2.89 bits per heavy atom. The number of hydrogen-bond acceptors (Lipinski definition) is 4. The van der Waals surface area contributed by atoms with E-state index in [0.29, 0.717) is 6.04 Å². The van der Waals surface area contributed by atoms with Gasteiger partial charge in [-0.05, 0) is 32.7 Å². The Hall–Kier alpha value is -0.160. The number of piperidine rings is 1. The van der Waals surface area contributed by atoms with Gasteiger partial charge in [-0.1, -0.05) is 6.42 Å². The van der Waals surface area contributed by atoms with Crippen molar-refractivity contribution >= 4 is 0 Å². The summed E-state index contributed by atoms with van der Waals surface area (Å²) in [7, 11) is 0. The topological polar surface area (TPSA) is 36.5 Å². The van der Waals surface area contributed by atoms with Crippen molar-refractivity contribution in [2.75, 3.05) is 45.9 Å². The minimum atomic E-state index is 0.627. The van der Waals surface area contributed by atoms with E-state index in [1.54, 1.807) is 0 Å². The van der Waals surface area contributed by atoms with Gasteiger partial charge in [-0.2, -0.15) is 0 Å². The number of hydrogen-bond donors (Lipinski definition) is 2. The summed E-state index contributed by atoms with van der Waals surface area (Å²) in [6, 6.07) is 1.37. The highest BCUT2D eigenvalue weighted by atomic mass is 16.5. The first-order valence-electron chi connectivity index (χ1n) is 7.61. The third kappa shape index (κ3) is 5.22. The summed E-state index contributed by atoms with van der Waals surface area (Å²) in [6.45, 7) is 9.80. The monoisotopic (exact) mass is 255 g/mol. The van der Waals surface area contributed by atoms with E-state index in [9.17, 15) is 0 Å². The van der Waals surface area contributed by atoms with Crippen LogP contribution in [0.25, 0.3) is 0 Å². The molecule has 18 heavy (non-hydrogen) atoms. The molecular weight excluding hydrogens is 226 g/mol. The van der Waals surface area contributed by atoms with Crippen LogP contribution in [0.1, 0.15) is 32.6 Å². The van der Waals surface area contributed by atoms with Gasteiger partial charge in [0.2, 0.25) is 0 Å². The molecule has 4 heteroatoms. The molecule has 4 nitrogen and oxygen atoms in total. The van der Waals surface area contributed by atoms with Gasteiger partial charge in [0, 0.05) is 38.3 Å². The lowest BCUT2D eigenvalue weighted by molar-refractivity contribution is 0.0381. The van der Waals surface area contributed by atoms with Crippen molar-refractivity contribution in [2.24, 2.45) is 0 Å². The van der Waals surface area contributed by atoms with Gasteiger partial charge in [0.25, 0.3) is 0 Å². The number of morpholine rings is 1. The minimum Gasteiger partial charge on any atom is -0.379 e. The van der Waals surface area contributed by atoms with Gasteiger partial charge in [-0.25, -0.2) is 0 Å². The zero-order valence-electron chi connectivity index (χ0n) is 11.8. The first-order chi connectivity index (χ1) is 8.84. The lowest BCUT2D eigenvalue weighted by Gasteiger charge is -2.29. The highest BCUT2D eigenvalue weighted by molar-refractivity contribution is 4.77. The molecule has 0 bridgehead atoms. The van der Waals surface area contributed by atoms with E-state index in [1.807, 2.05) is 0 Å². The minimum absolute atomic E-state index is 0.627. The number of rotatable bonds is 6. The predicted octanol–water partition coefficient (Wildman–Crippen LogP) is 0.829. The van der Waals surface area contributed by atoms with Gasteiger partial charge in [-0.3, -0.25) is 4.90 Å². The van der Waals surface area contributed by atoms with Crippen molar-refractivity contribution in [2.45, 2.75) is 44.7 Å². The zero-order valence-corrected chi connectivity index (χ0v) is 11.8. The molecule has 0 spiro atoms. The molecule has 2 aliphatic heterocycles. The third-order valence-corrected chi connectivity index (χ3v) is 4.07. The molecule has 2 N–H and O–H groups in total. The lowest BCUT2D eigenvalue weighted by Crippen LogP contribution is -2.44. The van der Waals surface area contributed by atoms with E-state index in [1.165, 1.54) is 32.2 Å². The average molecular weight is 255 g/mol. The summed E-state index contributed by atoms with van der Waals surface area (Å²) >= 11 is 0. The SMILES string of the molecule is CC(CC1CCCCN1)NCCN1CCOCC1. The molecule has 0 saturated carbocycles. The van der Waals surface area contributed by atoms with Crippen LogP contribution in [0.4, 0.5) is 0 Å². The van der Waals surface area contributed by atoms with Crippen molar-refractivity contribution in [3.05, 3.63) is 0 Å². The Morgan fingerprint density at radius 2 is 2.17 bits per heavy atom. The second kappa shape index (κ2) is 8.10. The van der Waals surface area contributed by atoms with Crippen molar-refractivity contribution in [3.8, 4) is 0 Å². The summed E-state index contributed by atoms with van der Waals surface area (Å²) in [4.78, 5) is 2.49. The van der Waals surface area contributed by atoms with Crippen LogP contribution in [0, 0.1) is 0 Å². The van der Waals surface area contributed by atoms with Crippen LogP contribution in [0.15, 0.2) is 0 Å². The molecule has 0 radical (unpaired) electrons. The maximum Gasteiger partial charge on any atom is 0.0594 e. The van der Waals surface area contributed by atoms with E-state index in [2.05, 4.69) is 22.5 Å². The second-order valence-corrected chi connectivity index (χ2v) is 5.69. The molecule has 0 aromatic heterocycles. The van der Waals surface area contributed by atoms with Crippen molar-refractivity contribution < 1.29 is 4.74 Å². The fourth-order valence-electron chi connectivity index (χ4n) is 2.93. The van der Waals surface area contributed by atoms with Crippen LogP contribution in [-0.2, 0) is 4.74 Å². The molecule has 2 saturated heterocycles. The van der Waals surface area contributed by atoms with Gasteiger partial charge in [0.1, 0.15) is 0 Å². The fourth-order valence-corrected chi connectivity index (χ4v) is 2.93. The third-order valence-electron chi connectivity index (χ3n) is 4.07. The summed E-state index contributed by atoms with van der Waals surface area (Å²) in [5.74, 6) is 0. The molecule has 2 heterocycles. The van der Waals surface area contributed by atoms with Gasteiger partial charge in [-0.15, -0.1) is 0 Å². The molecule has 2 aliphatic rings. The van der Waals surface area contributed by atoms with Crippen LogP contribution in [0.2, 0.25) is 0 Å². The summed E-state index contributed by atoms with van der Waals surface area (Å²) < 4.78 is 5.36. The van der Waals surface area contributed by atoms with Crippen LogP contribution >= 0.6 is 0 Å². The molecular formula is C14H29N3O. The second-order valence-electron chi connectivity index (χ2n) is 5.69. The van der Waals surface area contributed by atoms with Crippen molar-refractivity contribution in [1.82, 2.24) is 15.5 Å². The van der Waals surface area contributed by atoms with E-state index < -0.39 is 0 Å². The Labute approximate surface area is 111 Å². The maximum atomic E-state index is 5.36. The maximum absolute atomic E-state index is 5.36. The van der Waals surface area contributed by atoms with Crippen LogP contribution in [0.5, 0.6) is 0 Å². The first kappa shape index (κ1) is 14.3. The van der Waals surface area contributed by atoms with Crippen LogP contribution in [-0.4, -0.2) is 62.9 Å². The van der Waals surface area contributed by atoms with Gasteiger partial charge >= 0.3 is 0 Å². The van der Waals surface area contributed by atoms with Crippen LogP contribution < -0.4 is 10.6 Å². The number of ether oxygens (including phenoxy) is 1. The lowest BCUT2D eigenvalue weighted by atomic mass is 9.99. The van der Waals surface area contributed by atoms with Gasteiger partial charge in [0.15, 0.2) is 0 Å². The van der Waals surface area contributed by atoms with Gasteiger partial charge in [0.05, 0.1) is 13.2 Å². The predicted molar refractivity (Wildman–Crippen MR) is 75.0 cm³/mol. The molecule has 2 atom stereocenters. The Kier molecular flexibility index (Phi) is 6.41. The molecule has 106 valence electrons. The standard InChI is InChI=1S/C14H29N3O/c1-13(12-14-4-2-3-5-16-14)15-6-7-17-8-10-18-11-9-17/h13-16H,2-12H2,1H3. The Balaban J connectivity index is 1.52. The van der Waals surface area contributed by atoms with E-state index in [0.717, 1.165) is 45.4 Å². The number of nitrogens with zero attached hydrogens (tertiary/aromatic N) is 1. The number of nitrogens with one attached hydrogen (secondary N) is 2. The van der Waals surface area contributed by atoms with Crippen molar-refractivity contribution in [3.63, 3.8) is 0 Å². The fraction of sp³-hybridized carbons (Fsp3) is 1.00. The smallest absolute Gasteiger partial charge is 0.0594 e. The largest absolute Gasteiger partial charge is 0.379 e. The van der Waals surface area contributed by atoms with E-state index >= 15 is 0 Å². The quantitative estimate of drug-likeness (QED) is 0.737. The molecule has 2 fully saturated rings. The first-order valence-corrected chi connectivity index (χ1v) is 7.61. The zero-order chi connectivity index (χ0) is 12.6. The summed E-state index contributed by atoms with van der Waals surface area (Å²) in [5, 5.41) is 7.28. The highest BCUT2D eigenvalue weighted by Crippen LogP contribution is 2.11. The summed E-state index contributed by atoms with van der Waals surface area (Å²) in [5.41, 5.74) is 0. The highest BCUT2D eigenvalue weighted by Gasteiger charge is 2.15. The molecule has 0 amide bonds. The van der Waals surface area contributed by atoms with Crippen molar-refractivity contribution in [1.29, 1.82) is 0 Å². The van der Waals surface area contributed by atoms with Gasteiger partial charge < -0.3 is 15.4 Å². The molecule has 0 aromatic carbocycles.